The van der Waals surface area contributed by atoms with Crippen molar-refractivity contribution in [1.82, 2.24) is 15.0 Å². The molecule has 4 heteroatoms. The fraction of sp³-hybridized carbons (Fsp3) is 0. The zero-order valence-corrected chi connectivity index (χ0v) is 28.3. The Balaban J connectivity index is 1.10. The highest BCUT2D eigenvalue weighted by Crippen LogP contribution is 2.50. The molecule has 0 saturated carbocycles. The molecule has 1 aliphatic rings. The SMILES string of the molecule is c1ccc2cc(-c3nc(-c4ccc5c(ccc6ccccc65)c4)nc(-c4cccc5oc6cc7c(cc6c45)-c4cccc5cccc-7c45)n3)ccc2c1. The summed E-state index contributed by atoms with van der Waals surface area (Å²) in [4.78, 5) is 15.6. The Morgan fingerprint density at radius 2 is 0.887 bits per heavy atom. The summed E-state index contributed by atoms with van der Waals surface area (Å²) in [6, 6.07) is 58.0. The summed E-state index contributed by atoms with van der Waals surface area (Å²) in [5, 5.41) is 11.7. The van der Waals surface area contributed by atoms with Crippen LogP contribution in [0.5, 0.6) is 0 Å². The molecule has 0 radical (unpaired) electrons. The summed E-state index contributed by atoms with van der Waals surface area (Å²) < 4.78 is 6.62. The van der Waals surface area contributed by atoms with Crippen molar-refractivity contribution in [1.29, 1.82) is 0 Å². The second-order valence-electron chi connectivity index (χ2n) is 14.0. The minimum Gasteiger partial charge on any atom is -0.456 e. The molecule has 1 aliphatic carbocycles. The number of furan rings is 1. The molecule has 0 amide bonds. The zero-order chi connectivity index (χ0) is 34.6. The lowest BCUT2D eigenvalue weighted by Crippen LogP contribution is -2.00. The molecule has 9 aromatic carbocycles. The van der Waals surface area contributed by atoms with Gasteiger partial charge in [-0.1, -0.05) is 133 Å². The maximum atomic E-state index is 6.62. The molecule has 0 fully saturated rings. The second-order valence-corrected chi connectivity index (χ2v) is 14.0. The van der Waals surface area contributed by atoms with Crippen molar-refractivity contribution < 1.29 is 4.42 Å². The van der Waals surface area contributed by atoms with Gasteiger partial charge in [0.05, 0.1) is 0 Å². The molecule has 0 N–H and O–H groups in total. The van der Waals surface area contributed by atoms with Crippen LogP contribution in [0.3, 0.4) is 0 Å². The summed E-state index contributed by atoms with van der Waals surface area (Å²) in [6.45, 7) is 0. The molecule has 0 spiro atoms. The van der Waals surface area contributed by atoms with Gasteiger partial charge in [0.15, 0.2) is 17.5 Å². The van der Waals surface area contributed by atoms with Crippen LogP contribution >= 0.6 is 0 Å². The summed E-state index contributed by atoms with van der Waals surface area (Å²) in [7, 11) is 0. The van der Waals surface area contributed by atoms with Gasteiger partial charge in [-0.25, -0.2) is 15.0 Å². The standard InChI is InChI=1S/C49H27N3O/c1-2-10-31-24-33(21-18-28(31)8-1)47-50-48(34-22-23-36-32(25-34)20-19-29-9-3-4-13-35(29)36)52-49(51-47)39-16-7-17-43-46(39)42-26-40-37-14-5-11-30-12-6-15-38(45(30)37)41(40)27-44(42)53-43/h1-27H. The highest BCUT2D eigenvalue weighted by atomic mass is 16.3. The Labute approximate surface area is 303 Å². The average Bonchev–Trinajstić information content (AvgIpc) is 3.75. The van der Waals surface area contributed by atoms with Gasteiger partial charge in [-0.3, -0.25) is 0 Å². The second kappa shape index (κ2) is 10.7. The molecule has 0 unspecified atom stereocenters. The number of aromatic nitrogens is 3. The van der Waals surface area contributed by atoms with E-state index in [9.17, 15) is 0 Å². The van der Waals surface area contributed by atoms with Crippen LogP contribution in [-0.4, -0.2) is 15.0 Å². The van der Waals surface area contributed by atoms with E-state index < -0.39 is 0 Å². The summed E-state index contributed by atoms with van der Waals surface area (Å²) in [5.41, 5.74) is 9.37. The number of rotatable bonds is 3. The Kier molecular flexibility index (Phi) is 5.74. The number of nitrogens with zero attached hydrogens (tertiary/aromatic N) is 3. The third-order valence-corrected chi connectivity index (χ3v) is 11.0. The molecule has 0 aliphatic heterocycles. The predicted octanol–water partition coefficient (Wildman–Crippen LogP) is 13.0. The fourth-order valence-corrected chi connectivity index (χ4v) is 8.53. The van der Waals surface area contributed by atoms with E-state index in [0.717, 1.165) is 49.4 Å². The maximum absolute atomic E-state index is 6.62. The normalized spacial score (nSPS) is 12.2. The first-order chi connectivity index (χ1) is 26.2. The molecule has 0 saturated heterocycles. The molecule has 11 aromatic rings. The Morgan fingerprint density at radius 1 is 0.302 bits per heavy atom. The predicted molar refractivity (Wildman–Crippen MR) is 218 cm³/mol. The van der Waals surface area contributed by atoms with Gasteiger partial charge >= 0.3 is 0 Å². The van der Waals surface area contributed by atoms with Gasteiger partial charge in [0, 0.05) is 27.5 Å². The van der Waals surface area contributed by atoms with Gasteiger partial charge in [-0.15, -0.1) is 0 Å². The van der Waals surface area contributed by atoms with Gasteiger partial charge in [-0.2, -0.15) is 0 Å². The van der Waals surface area contributed by atoms with Crippen molar-refractivity contribution in [3.8, 4) is 56.4 Å². The van der Waals surface area contributed by atoms with E-state index in [-0.39, 0.29) is 0 Å². The van der Waals surface area contributed by atoms with Crippen molar-refractivity contribution >= 4 is 65.0 Å². The smallest absolute Gasteiger partial charge is 0.164 e. The molecule has 2 aromatic heterocycles. The summed E-state index contributed by atoms with van der Waals surface area (Å²) in [5.74, 6) is 1.86. The largest absolute Gasteiger partial charge is 0.456 e. The van der Waals surface area contributed by atoms with Crippen LogP contribution in [0.25, 0.3) is 121 Å². The number of benzene rings is 9. The van der Waals surface area contributed by atoms with Gasteiger partial charge in [0.25, 0.3) is 0 Å². The monoisotopic (exact) mass is 673 g/mol. The number of hydrogen-bond acceptors (Lipinski definition) is 4. The van der Waals surface area contributed by atoms with Crippen LogP contribution in [0.2, 0.25) is 0 Å². The number of hydrogen-bond donors (Lipinski definition) is 0. The molecule has 0 atom stereocenters. The molecule has 244 valence electrons. The first kappa shape index (κ1) is 28.5. The van der Waals surface area contributed by atoms with E-state index >= 15 is 0 Å². The molecule has 53 heavy (non-hydrogen) atoms. The van der Waals surface area contributed by atoms with Crippen LogP contribution < -0.4 is 0 Å². The van der Waals surface area contributed by atoms with E-state index in [0.29, 0.717) is 17.5 Å². The molecule has 2 heterocycles. The summed E-state index contributed by atoms with van der Waals surface area (Å²) >= 11 is 0. The Morgan fingerprint density at radius 3 is 1.72 bits per heavy atom. The van der Waals surface area contributed by atoms with Crippen LogP contribution in [-0.2, 0) is 0 Å². The first-order valence-electron chi connectivity index (χ1n) is 17.9. The minimum atomic E-state index is 0.607. The van der Waals surface area contributed by atoms with Gasteiger partial charge in [-0.05, 0) is 95.7 Å². The van der Waals surface area contributed by atoms with Crippen molar-refractivity contribution in [2.75, 3.05) is 0 Å². The van der Waals surface area contributed by atoms with E-state index in [4.69, 9.17) is 19.4 Å². The van der Waals surface area contributed by atoms with Crippen molar-refractivity contribution in [3.63, 3.8) is 0 Å². The van der Waals surface area contributed by atoms with Crippen LogP contribution in [0.4, 0.5) is 0 Å². The third-order valence-electron chi connectivity index (χ3n) is 11.0. The number of fused-ring (bicyclic) bond motifs is 10. The van der Waals surface area contributed by atoms with Crippen molar-refractivity contribution in [3.05, 3.63) is 164 Å². The highest BCUT2D eigenvalue weighted by Gasteiger charge is 2.25. The average molecular weight is 674 g/mol. The first-order valence-corrected chi connectivity index (χ1v) is 17.9. The van der Waals surface area contributed by atoms with E-state index in [1.165, 1.54) is 54.6 Å². The van der Waals surface area contributed by atoms with Gasteiger partial charge < -0.3 is 4.42 Å². The van der Waals surface area contributed by atoms with E-state index in [2.05, 4.69) is 152 Å². The zero-order valence-electron chi connectivity index (χ0n) is 28.3. The Bertz CT molecular complexity index is 3350. The van der Waals surface area contributed by atoms with Crippen molar-refractivity contribution in [2.24, 2.45) is 0 Å². The van der Waals surface area contributed by atoms with Gasteiger partial charge in [0.1, 0.15) is 11.2 Å². The molecule has 4 nitrogen and oxygen atoms in total. The molecule has 12 rings (SSSR count). The topological polar surface area (TPSA) is 51.8 Å². The minimum absolute atomic E-state index is 0.607. The van der Waals surface area contributed by atoms with E-state index in [1.807, 2.05) is 12.1 Å². The quantitative estimate of drug-likeness (QED) is 0.175. The van der Waals surface area contributed by atoms with E-state index in [1.54, 1.807) is 0 Å². The van der Waals surface area contributed by atoms with Crippen molar-refractivity contribution in [2.45, 2.75) is 0 Å². The lowest BCUT2D eigenvalue weighted by molar-refractivity contribution is 0.669. The lowest BCUT2D eigenvalue weighted by atomic mass is 9.99. The highest BCUT2D eigenvalue weighted by molar-refractivity contribution is 6.20. The van der Waals surface area contributed by atoms with Crippen LogP contribution in [0.1, 0.15) is 0 Å². The molecular formula is C49H27N3O. The van der Waals surface area contributed by atoms with Crippen LogP contribution in [0, 0.1) is 0 Å². The summed E-state index contributed by atoms with van der Waals surface area (Å²) in [6.07, 6.45) is 0. The molecular weight excluding hydrogens is 647 g/mol. The van der Waals surface area contributed by atoms with Gasteiger partial charge in [0.2, 0.25) is 0 Å². The lowest BCUT2D eigenvalue weighted by Gasteiger charge is -2.11. The van der Waals surface area contributed by atoms with Crippen LogP contribution in [0.15, 0.2) is 168 Å². The maximum Gasteiger partial charge on any atom is 0.164 e. The Hall–Kier alpha value is -7.17. The molecule has 0 bridgehead atoms. The fourth-order valence-electron chi connectivity index (χ4n) is 8.53. The third kappa shape index (κ3) is 4.21.